The molecule has 0 unspecified atom stereocenters. The number of fused-ring (bicyclic) bond motifs is 1. The van der Waals surface area contributed by atoms with E-state index in [1.54, 1.807) is 53.4 Å². The minimum Gasteiger partial charge on any atom is -0.482 e. The van der Waals surface area contributed by atoms with Crippen molar-refractivity contribution in [3.63, 3.8) is 0 Å². The van der Waals surface area contributed by atoms with Gasteiger partial charge >= 0.3 is 0 Å². The third-order valence-corrected chi connectivity index (χ3v) is 5.26. The van der Waals surface area contributed by atoms with Crippen LogP contribution >= 0.6 is 23.2 Å². The lowest BCUT2D eigenvalue weighted by Gasteiger charge is -2.30. The average Bonchev–Trinajstić information content (AvgIpc) is 2.72. The quantitative estimate of drug-likeness (QED) is 0.625. The second kappa shape index (κ2) is 8.15. The van der Waals surface area contributed by atoms with E-state index in [1.807, 2.05) is 18.2 Å². The van der Waals surface area contributed by atoms with E-state index in [1.165, 1.54) is 0 Å². The van der Waals surface area contributed by atoms with Crippen molar-refractivity contribution in [1.82, 2.24) is 0 Å². The van der Waals surface area contributed by atoms with Crippen LogP contribution in [-0.2, 0) is 11.3 Å². The van der Waals surface area contributed by atoms with Gasteiger partial charge in [0.05, 0.1) is 22.8 Å². The van der Waals surface area contributed by atoms with Crippen LogP contribution < -0.4 is 15.0 Å². The summed E-state index contributed by atoms with van der Waals surface area (Å²) < 4.78 is 5.54. The molecule has 0 saturated carbocycles. The molecule has 29 heavy (non-hydrogen) atoms. The largest absolute Gasteiger partial charge is 0.482 e. The SMILES string of the molecule is O=C(Nc1ccc2c(c1)N(Cc1ccccc1Cl)C(=O)CO2)c1ccccc1Cl. The summed E-state index contributed by atoms with van der Waals surface area (Å²) in [6.45, 7) is 0.250. The van der Waals surface area contributed by atoms with Gasteiger partial charge in [-0.05, 0) is 42.0 Å². The molecule has 0 atom stereocenters. The van der Waals surface area contributed by atoms with Crippen LogP contribution in [0.15, 0.2) is 66.7 Å². The summed E-state index contributed by atoms with van der Waals surface area (Å²) in [5.41, 5.74) is 2.28. The van der Waals surface area contributed by atoms with Crippen molar-refractivity contribution in [2.45, 2.75) is 6.54 Å². The first kappa shape index (κ1) is 19.3. The molecule has 4 rings (SSSR count). The highest BCUT2D eigenvalue weighted by molar-refractivity contribution is 6.34. The summed E-state index contributed by atoms with van der Waals surface area (Å²) in [7, 11) is 0. The molecule has 0 saturated heterocycles. The Hall–Kier alpha value is -3.02. The van der Waals surface area contributed by atoms with Gasteiger partial charge in [-0.15, -0.1) is 0 Å². The summed E-state index contributed by atoms with van der Waals surface area (Å²) >= 11 is 12.4. The summed E-state index contributed by atoms with van der Waals surface area (Å²) in [5, 5.41) is 3.76. The second-order valence-electron chi connectivity index (χ2n) is 6.48. The number of nitrogens with one attached hydrogen (secondary N) is 1. The van der Waals surface area contributed by atoms with Crippen LogP contribution in [0, 0.1) is 0 Å². The van der Waals surface area contributed by atoms with Crippen molar-refractivity contribution in [3.05, 3.63) is 87.9 Å². The molecule has 5 nitrogen and oxygen atoms in total. The topological polar surface area (TPSA) is 58.6 Å². The Morgan fingerprint density at radius 3 is 2.48 bits per heavy atom. The number of benzene rings is 3. The Kier molecular flexibility index (Phi) is 5.43. The maximum atomic E-state index is 12.6. The number of halogens is 2. The first-order chi connectivity index (χ1) is 14.0. The Labute approximate surface area is 177 Å². The Balaban J connectivity index is 1.63. The molecule has 0 fully saturated rings. The predicted octanol–water partition coefficient (Wildman–Crippen LogP) is 5.17. The number of carbonyl (C=O) groups excluding carboxylic acids is 2. The number of amides is 2. The lowest BCUT2D eigenvalue weighted by molar-refractivity contribution is -0.121. The first-order valence-corrected chi connectivity index (χ1v) is 9.65. The van der Waals surface area contributed by atoms with Crippen molar-refractivity contribution < 1.29 is 14.3 Å². The van der Waals surface area contributed by atoms with Crippen LogP contribution in [0.25, 0.3) is 0 Å². The van der Waals surface area contributed by atoms with Gasteiger partial charge in [0, 0.05) is 10.7 Å². The molecule has 7 heteroatoms. The van der Waals surface area contributed by atoms with E-state index in [0.29, 0.717) is 39.3 Å². The minimum atomic E-state index is -0.337. The van der Waals surface area contributed by atoms with E-state index < -0.39 is 0 Å². The number of carbonyl (C=O) groups is 2. The number of rotatable bonds is 4. The molecule has 1 aliphatic rings. The van der Waals surface area contributed by atoms with Crippen LogP contribution in [0.2, 0.25) is 10.0 Å². The molecule has 3 aromatic rings. The minimum absolute atomic E-state index is 0.0528. The van der Waals surface area contributed by atoms with Gasteiger partial charge in [-0.2, -0.15) is 0 Å². The van der Waals surface area contributed by atoms with Gasteiger partial charge in [0.1, 0.15) is 5.75 Å². The molecule has 0 spiro atoms. The van der Waals surface area contributed by atoms with Crippen molar-refractivity contribution in [2.75, 3.05) is 16.8 Å². The van der Waals surface area contributed by atoms with Crippen LogP contribution in [0.1, 0.15) is 15.9 Å². The van der Waals surface area contributed by atoms with Gasteiger partial charge in [0.25, 0.3) is 11.8 Å². The molecule has 3 aromatic carbocycles. The molecule has 1 heterocycles. The maximum Gasteiger partial charge on any atom is 0.265 e. The zero-order chi connectivity index (χ0) is 20.4. The van der Waals surface area contributed by atoms with Crippen LogP contribution in [-0.4, -0.2) is 18.4 Å². The highest BCUT2D eigenvalue weighted by Gasteiger charge is 2.27. The van der Waals surface area contributed by atoms with E-state index in [-0.39, 0.29) is 18.4 Å². The molecule has 1 N–H and O–H groups in total. The van der Waals surface area contributed by atoms with Gasteiger partial charge in [-0.1, -0.05) is 53.5 Å². The van der Waals surface area contributed by atoms with Gasteiger partial charge in [0.15, 0.2) is 6.61 Å². The fourth-order valence-electron chi connectivity index (χ4n) is 3.09. The van der Waals surface area contributed by atoms with E-state index >= 15 is 0 Å². The summed E-state index contributed by atoms with van der Waals surface area (Å²) in [5.74, 6) is 0.0376. The maximum absolute atomic E-state index is 12.6. The fraction of sp³-hybridized carbons (Fsp3) is 0.0909. The molecule has 0 aliphatic carbocycles. The lowest BCUT2D eigenvalue weighted by Crippen LogP contribution is -2.38. The van der Waals surface area contributed by atoms with E-state index in [9.17, 15) is 9.59 Å². The lowest BCUT2D eigenvalue weighted by atomic mass is 10.1. The molecule has 1 aliphatic heterocycles. The van der Waals surface area contributed by atoms with Crippen molar-refractivity contribution in [3.8, 4) is 5.75 Å². The number of ether oxygens (including phenoxy) is 1. The number of hydrogen-bond acceptors (Lipinski definition) is 3. The van der Waals surface area contributed by atoms with Crippen molar-refractivity contribution >= 4 is 46.4 Å². The molecular weight excluding hydrogens is 411 g/mol. The zero-order valence-corrected chi connectivity index (χ0v) is 16.7. The third-order valence-electron chi connectivity index (χ3n) is 4.56. The second-order valence-corrected chi connectivity index (χ2v) is 7.29. The highest BCUT2D eigenvalue weighted by atomic mass is 35.5. The van der Waals surface area contributed by atoms with Crippen LogP contribution in [0.4, 0.5) is 11.4 Å². The molecule has 0 radical (unpaired) electrons. The average molecular weight is 427 g/mol. The standard InChI is InChI=1S/C22H16Cl2N2O3/c23-17-7-3-1-5-14(17)12-26-19-11-15(9-10-20(19)29-13-21(26)27)25-22(28)16-6-2-4-8-18(16)24/h1-11H,12-13H2,(H,25,28). The van der Waals surface area contributed by atoms with Gasteiger partial charge in [-0.25, -0.2) is 0 Å². The molecular formula is C22H16Cl2N2O3. The number of anilines is 2. The monoisotopic (exact) mass is 426 g/mol. The fourth-order valence-corrected chi connectivity index (χ4v) is 3.51. The number of hydrogen-bond donors (Lipinski definition) is 1. The highest BCUT2D eigenvalue weighted by Crippen LogP contribution is 2.36. The normalized spacial score (nSPS) is 12.9. The molecule has 146 valence electrons. The predicted molar refractivity (Wildman–Crippen MR) is 114 cm³/mol. The molecule has 0 bridgehead atoms. The summed E-state index contributed by atoms with van der Waals surface area (Å²) in [6.07, 6.45) is 0. The Bertz CT molecular complexity index is 1100. The zero-order valence-electron chi connectivity index (χ0n) is 15.2. The summed E-state index contributed by atoms with van der Waals surface area (Å²) in [4.78, 5) is 26.7. The van der Waals surface area contributed by atoms with Gasteiger partial charge in [0.2, 0.25) is 0 Å². The van der Waals surface area contributed by atoms with Gasteiger partial charge in [-0.3, -0.25) is 9.59 Å². The van der Waals surface area contributed by atoms with Gasteiger partial charge < -0.3 is 15.0 Å². The first-order valence-electron chi connectivity index (χ1n) is 8.89. The van der Waals surface area contributed by atoms with E-state index in [2.05, 4.69) is 5.32 Å². The van der Waals surface area contributed by atoms with Crippen LogP contribution in [0.3, 0.4) is 0 Å². The Morgan fingerprint density at radius 1 is 1.00 bits per heavy atom. The van der Waals surface area contributed by atoms with E-state index in [0.717, 1.165) is 5.56 Å². The summed E-state index contributed by atoms with van der Waals surface area (Å²) in [6, 6.07) is 19.3. The van der Waals surface area contributed by atoms with Crippen molar-refractivity contribution in [2.24, 2.45) is 0 Å². The smallest absolute Gasteiger partial charge is 0.265 e. The van der Waals surface area contributed by atoms with E-state index in [4.69, 9.17) is 27.9 Å². The number of nitrogens with zero attached hydrogens (tertiary/aromatic N) is 1. The third kappa shape index (κ3) is 4.06. The Morgan fingerprint density at radius 2 is 1.72 bits per heavy atom. The molecule has 2 amide bonds. The van der Waals surface area contributed by atoms with Crippen LogP contribution in [0.5, 0.6) is 5.75 Å². The van der Waals surface area contributed by atoms with Crippen molar-refractivity contribution in [1.29, 1.82) is 0 Å². The molecule has 0 aromatic heterocycles.